The Balaban J connectivity index is 2.07. The molecule has 0 unspecified atom stereocenters. The Kier molecular flexibility index (Phi) is 7.91. The molecule has 2 rings (SSSR count). The van der Waals surface area contributed by atoms with Crippen LogP contribution in [-0.2, 0) is 19.1 Å². The van der Waals surface area contributed by atoms with Gasteiger partial charge in [-0.3, -0.25) is 14.5 Å². The summed E-state index contributed by atoms with van der Waals surface area (Å²) in [4.78, 5) is 37.1. The van der Waals surface area contributed by atoms with Crippen molar-refractivity contribution in [3.8, 4) is 5.75 Å². The normalized spacial score (nSPS) is 15.7. The van der Waals surface area contributed by atoms with E-state index in [1.165, 1.54) is 12.0 Å². The largest absolute Gasteiger partial charge is 0.481 e. The molecule has 0 atom stereocenters. The van der Waals surface area contributed by atoms with E-state index >= 15 is 0 Å². The Morgan fingerprint density at radius 1 is 1.35 bits per heavy atom. The van der Waals surface area contributed by atoms with E-state index in [1.807, 2.05) is 6.07 Å². The highest BCUT2D eigenvalue weighted by Gasteiger charge is 2.34. The van der Waals surface area contributed by atoms with E-state index in [2.05, 4.69) is 22.6 Å². The highest BCUT2D eigenvalue weighted by molar-refractivity contribution is 14.1. The molecule has 1 aliphatic rings. The lowest BCUT2D eigenvalue weighted by Gasteiger charge is -2.10. The first-order valence-electron chi connectivity index (χ1n) is 7.78. The number of amides is 2. The van der Waals surface area contributed by atoms with E-state index in [0.717, 1.165) is 20.9 Å². The number of hydrogen-bond donors (Lipinski definition) is 0. The van der Waals surface area contributed by atoms with Crippen molar-refractivity contribution in [3.63, 3.8) is 0 Å². The molecule has 0 bridgehead atoms. The molecule has 0 N–H and O–H groups in total. The predicted molar refractivity (Wildman–Crippen MR) is 106 cm³/mol. The summed E-state index contributed by atoms with van der Waals surface area (Å²) in [5.74, 6) is -0.212. The van der Waals surface area contributed by atoms with Gasteiger partial charge < -0.3 is 14.2 Å². The lowest BCUT2D eigenvalue weighted by molar-refractivity contribution is -0.145. The minimum absolute atomic E-state index is 0.165. The van der Waals surface area contributed by atoms with Crippen LogP contribution in [0.5, 0.6) is 5.75 Å². The predicted octanol–water partition coefficient (Wildman–Crippen LogP) is 2.92. The standard InChI is InChI=1S/C17H18INO6S/c1-3-24-15(20)10-25-13-5-4-11(8-12(13)18)9-14-16(21)19(6-7-23-2)17(22)26-14/h4-5,8-9H,3,6-7,10H2,1-2H3/b14-9+. The molecule has 7 nitrogen and oxygen atoms in total. The van der Waals surface area contributed by atoms with Crippen LogP contribution in [0.3, 0.4) is 0 Å². The van der Waals surface area contributed by atoms with Crippen LogP contribution in [0.25, 0.3) is 6.08 Å². The van der Waals surface area contributed by atoms with E-state index in [-0.39, 0.29) is 24.3 Å². The molecule has 1 fully saturated rings. The smallest absolute Gasteiger partial charge is 0.344 e. The van der Waals surface area contributed by atoms with Gasteiger partial charge in [0, 0.05) is 7.11 Å². The lowest BCUT2D eigenvalue weighted by atomic mass is 10.2. The van der Waals surface area contributed by atoms with Crippen LogP contribution in [0.4, 0.5) is 4.79 Å². The molecule has 26 heavy (non-hydrogen) atoms. The van der Waals surface area contributed by atoms with Crippen LogP contribution in [0.15, 0.2) is 23.1 Å². The minimum atomic E-state index is -0.433. The number of benzene rings is 1. The van der Waals surface area contributed by atoms with Crippen LogP contribution < -0.4 is 4.74 Å². The summed E-state index contributed by atoms with van der Waals surface area (Å²) in [6, 6.07) is 5.28. The average molecular weight is 491 g/mol. The van der Waals surface area contributed by atoms with Gasteiger partial charge in [-0.25, -0.2) is 4.79 Å². The first-order chi connectivity index (χ1) is 12.5. The number of hydrogen-bond acceptors (Lipinski definition) is 7. The molecule has 1 aromatic carbocycles. The summed E-state index contributed by atoms with van der Waals surface area (Å²) in [7, 11) is 1.52. The molecule has 2 amide bonds. The third-order valence-corrected chi connectivity index (χ3v) is 5.05. The second-order valence-electron chi connectivity index (χ2n) is 5.11. The molecule has 0 saturated carbocycles. The zero-order chi connectivity index (χ0) is 19.1. The molecule has 1 aliphatic heterocycles. The van der Waals surface area contributed by atoms with Crippen LogP contribution in [-0.4, -0.2) is 55.5 Å². The van der Waals surface area contributed by atoms with E-state index in [0.29, 0.717) is 23.9 Å². The third-order valence-electron chi connectivity index (χ3n) is 3.30. The molecule has 140 valence electrons. The number of carbonyl (C=O) groups is 3. The molecule has 0 radical (unpaired) electrons. The summed E-state index contributed by atoms with van der Waals surface area (Å²) in [5, 5.41) is -0.303. The highest BCUT2D eigenvalue weighted by Crippen LogP contribution is 2.33. The fourth-order valence-electron chi connectivity index (χ4n) is 2.09. The van der Waals surface area contributed by atoms with Gasteiger partial charge in [0.1, 0.15) is 5.75 Å². The van der Waals surface area contributed by atoms with Crippen molar-refractivity contribution in [1.82, 2.24) is 4.90 Å². The maximum Gasteiger partial charge on any atom is 0.344 e. The lowest BCUT2D eigenvalue weighted by Crippen LogP contribution is -2.31. The number of methoxy groups -OCH3 is 1. The quantitative estimate of drug-likeness (QED) is 0.314. The zero-order valence-electron chi connectivity index (χ0n) is 14.3. The first-order valence-corrected chi connectivity index (χ1v) is 9.68. The number of ether oxygens (including phenoxy) is 3. The summed E-state index contributed by atoms with van der Waals surface area (Å²) in [5.41, 5.74) is 0.759. The number of halogens is 1. The number of thioether (sulfide) groups is 1. The summed E-state index contributed by atoms with van der Waals surface area (Å²) < 4.78 is 15.9. The second-order valence-corrected chi connectivity index (χ2v) is 7.27. The van der Waals surface area contributed by atoms with Crippen LogP contribution in [0.2, 0.25) is 0 Å². The van der Waals surface area contributed by atoms with E-state index in [4.69, 9.17) is 14.2 Å². The van der Waals surface area contributed by atoms with Gasteiger partial charge in [-0.1, -0.05) is 6.07 Å². The molecular weight excluding hydrogens is 473 g/mol. The van der Waals surface area contributed by atoms with Gasteiger partial charge in [0.05, 0.1) is 28.2 Å². The van der Waals surface area contributed by atoms with Crippen LogP contribution in [0, 0.1) is 3.57 Å². The summed E-state index contributed by atoms with van der Waals surface area (Å²) in [6.45, 7) is 2.40. The van der Waals surface area contributed by atoms with Crippen molar-refractivity contribution < 1.29 is 28.6 Å². The number of rotatable bonds is 8. The summed E-state index contributed by atoms with van der Waals surface area (Å²) in [6.07, 6.45) is 1.66. The Morgan fingerprint density at radius 2 is 2.12 bits per heavy atom. The molecule has 1 heterocycles. The van der Waals surface area contributed by atoms with Gasteiger partial charge >= 0.3 is 5.97 Å². The van der Waals surface area contributed by atoms with Crippen molar-refractivity contribution in [1.29, 1.82) is 0 Å². The van der Waals surface area contributed by atoms with Gasteiger partial charge in [-0.05, 0) is 65.0 Å². The van der Waals surface area contributed by atoms with Crippen molar-refractivity contribution in [2.24, 2.45) is 0 Å². The van der Waals surface area contributed by atoms with Gasteiger partial charge in [0.25, 0.3) is 11.1 Å². The maximum absolute atomic E-state index is 12.3. The number of esters is 1. The fourth-order valence-corrected chi connectivity index (χ4v) is 3.65. The van der Waals surface area contributed by atoms with Crippen molar-refractivity contribution in [3.05, 3.63) is 32.2 Å². The van der Waals surface area contributed by atoms with Gasteiger partial charge in [0.15, 0.2) is 6.61 Å². The fraction of sp³-hybridized carbons (Fsp3) is 0.353. The summed E-state index contributed by atoms with van der Waals surface area (Å²) >= 11 is 2.99. The molecule has 0 aliphatic carbocycles. The van der Waals surface area contributed by atoms with E-state index < -0.39 is 5.97 Å². The Bertz CT molecular complexity index is 736. The van der Waals surface area contributed by atoms with Crippen molar-refractivity contribution in [2.45, 2.75) is 6.92 Å². The molecular formula is C17H18INO6S. The molecule has 0 spiro atoms. The monoisotopic (exact) mass is 491 g/mol. The molecule has 1 aromatic rings. The highest BCUT2D eigenvalue weighted by atomic mass is 127. The van der Waals surface area contributed by atoms with E-state index in [9.17, 15) is 14.4 Å². The van der Waals surface area contributed by atoms with E-state index in [1.54, 1.807) is 25.1 Å². The second kappa shape index (κ2) is 9.93. The molecule has 1 saturated heterocycles. The van der Waals surface area contributed by atoms with Gasteiger partial charge in [0.2, 0.25) is 0 Å². The Morgan fingerprint density at radius 3 is 2.77 bits per heavy atom. The van der Waals surface area contributed by atoms with Crippen molar-refractivity contribution >= 4 is 57.5 Å². The maximum atomic E-state index is 12.3. The zero-order valence-corrected chi connectivity index (χ0v) is 17.3. The van der Waals surface area contributed by atoms with Gasteiger partial charge in [-0.15, -0.1) is 0 Å². The van der Waals surface area contributed by atoms with Crippen LogP contribution >= 0.6 is 34.4 Å². The number of nitrogens with zero attached hydrogens (tertiary/aromatic N) is 1. The number of carbonyl (C=O) groups excluding carboxylic acids is 3. The Labute approximate surface area is 169 Å². The number of imide groups is 1. The SMILES string of the molecule is CCOC(=O)COc1ccc(/C=C2/SC(=O)N(CCOC)C2=O)cc1I. The molecule has 0 aromatic heterocycles. The minimum Gasteiger partial charge on any atom is -0.481 e. The Hall–Kier alpha value is -1.59. The third kappa shape index (κ3) is 5.45. The average Bonchev–Trinajstić information content (AvgIpc) is 2.86. The van der Waals surface area contributed by atoms with Crippen LogP contribution in [0.1, 0.15) is 12.5 Å². The topological polar surface area (TPSA) is 82.1 Å². The molecule has 9 heteroatoms. The first kappa shape index (κ1) is 20.7. The van der Waals surface area contributed by atoms with Gasteiger partial charge in [-0.2, -0.15) is 0 Å². The van der Waals surface area contributed by atoms with Crippen molar-refractivity contribution in [2.75, 3.05) is 33.5 Å².